The Hall–Kier alpha value is -0.480. The van der Waals surface area contributed by atoms with Crippen molar-refractivity contribution < 1.29 is 0 Å². The Labute approximate surface area is 115 Å². The van der Waals surface area contributed by atoms with Gasteiger partial charge in [-0.1, -0.05) is 34.6 Å². The van der Waals surface area contributed by atoms with Crippen LogP contribution in [0.25, 0.3) is 0 Å². The molecule has 17 heavy (non-hydrogen) atoms. The molecule has 0 amide bonds. The molecule has 2 rings (SSSR count). The van der Waals surface area contributed by atoms with E-state index in [1.165, 1.54) is 15.6 Å². The molecule has 0 saturated heterocycles. The quantitative estimate of drug-likeness (QED) is 0.877. The van der Waals surface area contributed by atoms with Crippen molar-refractivity contribution in [3.05, 3.63) is 27.7 Å². The number of anilines is 1. The Balaban J connectivity index is 2.15. The topological polar surface area (TPSA) is 24.4 Å². The largest absolute Gasteiger partial charge is 0.335 e. The lowest BCUT2D eigenvalue weighted by Gasteiger charge is -2.09. The van der Waals surface area contributed by atoms with Gasteiger partial charge in [0.1, 0.15) is 0 Å². The highest BCUT2D eigenvalue weighted by Gasteiger charge is 2.16. The molecular weight excluding hydrogens is 296 g/mol. The highest BCUT2D eigenvalue weighted by atomic mass is 79.9. The van der Waals surface area contributed by atoms with Gasteiger partial charge < -0.3 is 5.32 Å². The Morgan fingerprint density at radius 2 is 2.06 bits per heavy atom. The number of nitrogens with zero attached hydrogens (tertiary/aromatic N) is 1. The van der Waals surface area contributed by atoms with E-state index in [1.54, 1.807) is 0 Å². The normalized spacial score (nSPS) is 19.3. The molecule has 1 heterocycles. The number of rotatable bonds is 2. The summed E-state index contributed by atoms with van der Waals surface area (Å²) in [6.07, 6.45) is 1.12. The molecule has 1 aromatic carbocycles. The van der Waals surface area contributed by atoms with Crippen LogP contribution in [0.1, 0.15) is 24.5 Å². The molecule has 2 nitrogen and oxygen atoms in total. The summed E-state index contributed by atoms with van der Waals surface area (Å²) >= 11 is 5.40. The van der Waals surface area contributed by atoms with Gasteiger partial charge in [0.2, 0.25) is 0 Å². The van der Waals surface area contributed by atoms with Gasteiger partial charge >= 0.3 is 0 Å². The van der Waals surface area contributed by atoms with E-state index < -0.39 is 0 Å². The molecule has 0 saturated carbocycles. The molecule has 1 N–H and O–H groups in total. The monoisotopic (exact) mass is 312 g/mol. The summed E-state index contributed by atoms with van der Waals surface area (Å²) in [4.78, 5) is 4.64. The number of halogens is 1. The maximum atomic E-state index is 4.64. The van der Waals surface area contributed by atoms with E-state index in [2.05, 4.69) is 59.1 Å². The van der Waals surface area contributed by atoms with Crippen molar-refractivity contribution in [1.82, 2.24) is 0 Å². The maximum Gasteiger partial charge on any atom is 0.161 e. The molecule has 0 spiro atoms. The molecule has 1 aromatic rings. The minimum Gasteiger partial charge on any atom is -0.335 e. The third kappa shape index (κ3) is 3.05. The first-order valence-corrected chi connectivity index (χ1v) is 7.62. The zero-order valence-electron chi connectivity index (χ0n) is 10.4. The van der Waals surface area contributed by atoms with E-state index in [4.69, 9.17) is 0 Å². The number of hydrogen-bond acceptors (Lipinski definition) is 3. The molecule has 1 aliphatic heterocycles. The standard InChI is InChI=1S/C13H17BrN2S/c1-4-10-7-17-13(15-10)16-11-5-8(2)12(14)9(3)6-11/h5-6,10H,4,7H2,1-3H3,(H,15,16). The van der Waals surface area contributed by atoms with Crippen LogP contribution in [0.2, 0.25) is 0 Å². The van der Waals surface area contributed by atoms with Crippen molar-refractivity contribution in [2.75, 3.05) is 11.1 Å². The minimum absolute atomic E-state index is 0.486. The van der Waals surface area contributed by atoms with Crippen LogP contribution in [0.15, 0.2) is 21.6 Å². The number of benzene rings is 1. The highest BCUT2D eigenvalue weighted by Crippen LogP contribution is 2.27. The number of thioether (sulfide) groups is 1. The van der Waals surface area contributed by atoms with Crippen molar-refractivity contribution in [2.45, 2.75) is 33.2 Å². The average molecular weight is 313 g/mol. The zero-order chi connectivity index (χ0) is 12.4. The van der Waals surface area contributed by atoms with Gasteiger partial charge in [0.15, 0.2) is 5.17 Å². The van der Waals surface area contributed by atoms with Crippen molar-refractivity contribution in [3.63, 3.8) is 0 Å². The summed E-state index contributed by atoms with van der Waals surface area (Å²) in [7, 11) is 0. The minimum atomic E-state index is 0.486. The summed E-state index contributed by atoms with van der Waals surface area (Å²) in [6.45, 7) is 6.41. The Morgan fingerprint density at radius 3 is 2.59 bits per heavy atom. The lowest BCUT2D eigenvalue weighted by atomic mass is 10.1. The molecule has 1 unspecified atom stereocenters. The molecule has 1 atom stereocenters. The van der Waals surface area contributed by atoms with E-state index in [9.17, 15) is 0 Å². The van der Waals surface area contributed by atoms with Gasteiger partial charge in [0, 0.05) is 15.9 Å². The molecule has 92 valence electrons. The number of amidine groups is 1. The molecule has 0 radical (unpaired) electrons. The van der Waals surface area contributed by atoms with E-state index >= 15 is 0 Å². The van der Waals surface area contributed by atoms with Gasteiger partial charge in [-0.05, 0) is 43.5 Å². The van der Waals surface area contributed by atoms with Crippen LogP contribution in [0.4, 0.5) is 5.69 Å². The predicted octanol–water partition coefficient (Wildman–Crippen LogP) is 4.36. The van der Waals surface area contributed by atoms with Crippen molar-refractivity contribution in [2.24, 2.45) is 4.99 Å². The van der Waals surface area contributed by atoms with Crippen LogP contribution < -0.4 is 5.32 Å². The van der Waals surface area contributed by atoms with Gasteiger partial charge in [0.25, 0.3) is 0 Å². The number of aliphatic imine (C=N–C) groups is 1. The SMILES string of the molecule is CCC1CSC(Nc2cc(C)c(Br)c(C)c2)=N1. The summed E-state index contributed by atoms with van der Waals surface area (Å²) < 4.78 is 1.19. The van der Waals surface area contributed by atoms with Gasteiger partial charge in [-0.25, -0.2) is 0 Å². The van der Waals surface area contributed by atoms with Gasteiger partial charge in [-0.15, -0.1) is 0 Å². The fourth-order valence-electron chi connectivity index (χ4n) is 1.83. The summed E-state index contributed by atoms with van der Waals surface area (Å²) in [6, 6.07) is 4.79. The van der Waals surface area contributed by atoms with Gasteiger partial charge in [-0.3, -0.25) is 4.99 Å². The second-order valence-corrected chi connectivity index (χ2v) is 6.16. The highest BCUT2D eigenvalue weighted by molar-refractivity contribution is 9.10. The average Bonchev–Trinajstić information content (AvgIpc) is 2.73. The second kappa shape index (κ2) is 5.44. The number of nitrogens with one attached hydrogen (secondary N) is 1. The van der Waals surface area contributed by atoms with E-state index in [0.717, 1.165) is 23.0 Å². The van der Waals surface area contributed by atoms with Crippen LogP contribution in [-0.4, -0.2) is 17.0 Å². The first kappa shape index (κ1) is 13.0. The molecular formula is C13H17BrN2S. The molecule has 0 fully saturated rings. The predicted molar refractivity (Wildman–Crippen MR) is 81.2 cm³/mol. The van der Waals surface area contributed by atoms with Crippen LogP contribution in [0.3, 0.4) is 0 Å². The Morgan fingerprint density at radius 1 is 1.41 bits per heavy atom. The fourth-order valence-corrected chi connectivity index (χ4v) is 3.14. The van der Waals surface area contributed by atoms with Crippen molar-refractivity contribution in [3.8, 4) is 0 Å². The lowest BCUT2D eigenvalue weighted by molar-refractivity contribution is 0.738. The van der Waals surface area contributed by atoms with Crippen LogP contribution >= 0.6 is 27.7 Å². The second-order valence-electron chi connectivity index (χ2n) is 4.36. The Kier molecular flexibility index (Phi) is 4.15. The van der Waals surface area contributed by atoms with E-state index in [-0.39, 0.29) is 0 Å². The van der Waals surface area contributed by atoms with Crippen molar-refractivity contribution in [1.29, 1.82) is 0 Å². The molecule has 0 bridgehead atoms. The molecule has 4 heteroatoms. The molecule has 0 aromatic heterocycles. The van der Waals surface area contributed by atoms with Crippen LogP contribution in [0, 0.1) is 13.8 Å². The van der Waals surface area contributed by atoms with E-state index in [1.807, 2.05) is 11.8 Å². The number of hydrogen-bond donors (Lipinski definition) is 1. The van der Waals surface area contributed by atoms with E-state index in [0.29, 0.717) is 6.04 Å². The molecule has 1 aliphatic rings. The maximum absolute atomic E-state index is 4.64. The molecule has 0 aliphatic carbocycles. The summed E-state index contributed by atoms with van der Waals surface area (Å²) in [5.74, 6) is 1.10. The summed E-state index contributed by atoms with van der Waals surface area (Å²) in [5.41, 5.74) is 3.64. The van der Waals surface area contributed by atoms with Crippen LogP contribution in [-0.2, 0) is 0 Å². The van der Waals surface area contributed by atoms with Crippen LogP contribution in [0.5, 0.6) is 0 Å². The first-order chi connectivity index (χ1) is 8.10. The van der Waals surface area contributed by atoms with Gasteiger partial charge in [0.05, 0.1) is 6.04 Å². The third-order valence-corrected chi connectivity index (χ3v) is 5.15. The fraction of sp³-hybridized carbons (Fsp3) is 0.462. The van der Waals surface area contributed by atoms with Gasteiger partial charge in [-0.2, -0.15) is 0 Å². The lowest BCUT2D eigenvalue weighted by Crippen LogP contribution is -2.06. The number of aryl methyl sites for hydroxylation is 2. The summed E-state index contributed by atoms with van der Waals surface area (Å²) in [5, 5.41) is 4.46. The third-order valence-electron chi connectivity index (χ3n) is 2.87. The Bertz CT molecular complexity index is 434. The smallest absolute Gasteiger partial charge is 0.161 e. The first-order valence-electron chi connectivity index (χ1n) is 5.84. The zero-order valence-corrected chi connectivity index (χ0v) is 12.8. The van der Waals surface area contributed by atoms with Crippen molar-refractivity contribution >= 4 is 38.5 Å².